The molecule has 1 heterocycles. The number of ether oxygens (including phenoxy) is 2. The molecule has 4 heteroatoms. The van der Waals surface area contributed by atoms with Crippen molar-refractivity contribution < 1.29 is 19.1 Å². The van der Waals surface area contributed by atoms with E-state index in [1.807, 2.05) is 0 Å². The first-order valence-electron chi connectivity index (χ1n) is 12.9. The van der Waals surface area contributed by atoms with E-state index in [0.29, 0.717) is 49.8 Å². The number of epoxide rings is 1. The topological polar surface area (TPSA) is 55.9 Å². The van der Waals surface area contributed by atoms with Crippen LogP contribution in [0.15, 0.2) is 0 Å². The smallest absolute Gasteiger partial charge is 0.305 e. The van der Waals surface area contributed by atoms with E-state index in [0.717, 1.165) is 19.3 Å². The molecule has 30 heavy (non-hydrogen) atoms. The summed E-state index contributed by atoms with van der Waals surface area (Å²) < 4.78 is 11.2. The summed E-state index contributed by atoms with van der Waals surface area (Å²) in [6.07, 6.45) is 20.1. The van der Waals surface area contributed by atoms with Gasteiger partial charge >= 0.3 is 5.97 Å². The van der Waals surface area contributed by atoms with E-state index in [1.54, 1.807) is 0 Å². The van der Waals surface area contributed by atoms with Crippen LogP contribution in [0.5, 0.6) is 0 Å². The maximum atomic E-state index is 11.9. The number of rotatable bonds is 17. The molecule has 0 amide bonds. The van der Waals surface area contributed by atoms with E-state index < -0.39 is 0 Å². The molecule has 2 fully saturated rings. The van der Waals surface area contributed by atoms with Crippen molar-refractivity contribution in [2.24, 2.45) is 11.8 Å². The van der Waals surface area contributed by atoms with Gasteiger partial charge in [-0.3, -0.25) is 9.59 Å². The predicted molar refractivity (Wildman–Crippen MR) is 121 cm³/mol. The largest absolute Gasteiger partial charge is 0.465 e. The third kappa shape index (κ3) is 10.9. The molecular formula is C26H46O4. The van der Waals surface area contributed by atoms with Gasteiger partial charge in [0.1, 0.15) is 5.78 Å². The van der Waals surface area contributed by atoms with Crippen molar-refractivity contribution in [2.75, 3.05) is 6.61 Å². The van der Waals surface area contributed by atoms with E-state index in [4.69, 9.17) is 9.47 Å². The van der Waals surface area contributed by atoms with Crippen LogP contribution in [0, 0.1) is 11.8 Å². The molecule has 174 valence electrons. The number of carbonyl (C=O) groups excluding carboxylic acids is 2. The fourth-order valence-corrected chi connectivity index (χ4v) is 4.67. The van der Waals surface area contributed by atoms with Crippen molar-refractivity contribution in [2.45, 2.75) is 135 Å². The first kappa shape index (κ1) is 25.4. The minimum atomic E-state index is -0.0934. The number of esters is 1. The maximum Gasteiger partial charge on any atom is 0.305 e. The van der Waals surface area contributed by atoms with Gasteiger partial charge in [-0.2, -0.15) is 0 Å². The van der Waals surface area contributed by atoms with Crippen LogP contribution in [0.3, 0.4) is 0 Å². The number of ketones is 1. The molecule has 0 aromatic heterocycles. The summed E-state index contributed by atoms with van der Waals surface area (Å²) in [4.78, 5) is 23.5. The van der Waals surface area contributed by atoms with Crippen LogP contribution in [-0.4, -0.2) is 30.6 Å². The minimum Gasteiger partial charge on any atom is -0.465 e. The number of hydrogen-bond donors (Lipinski definition) is 0. The Balaban J connectivity index is 1.34. The molecule has 0 N–H and O–H groups in total. The van der Waals surface area contributed by atoms with Crippen molar-refractivity contribution in [3.8, 4) is 0 Å². The van der Waals surface area contributed by atoms with Crippen molar-refractivity contribution in [1.29, 1.82) is 0 Å². The maximum absolute atomic E-state index is 11.9. The highest BCUT2D eigenvalue weighted by Gasteiger charge is 2.36. The molecule has 1 aliphatic carbocycles. The zero-order chi connectivity index (χ0) is 21.6. The average molecular weight is 423 g/mol. The summed E-state index contributed by atoms with van der Waals surface area (Å²) >= 11 is 0. The lowest BCUT2D eigenvalue weighted by molar-refractivity contribution is -0.147. The van der Waals surface area contributed by atoms with Crippen LogP contribution in [0.25, 0.3) is 0 Å². The van der Waals surface area contributed by atoms with Crippen LogP contribution < -0.4 is 0 Å². The van der Waals surface area contributed by atoms with E-state index in [9.17, 15) is 9.59 Å². The van der Waals surface area contributed by atoms with E-state index >= 15 is 0 Å². The molecule has 0 bridgehead atoms. The van der Waals surface area contributed by atoms with Gasteiger partial charge in [-0.25, -0.2) is 0 Å². The highest BCUT2D eigenvalue weighted by molar-refractivity contribution is 5.79. The molecule has 1 aliphatic heterocycles. The van der Waals surface area contributed by atoms with Crippen LogP contribution in [0.1, 0.15) is 123 Å². The lowest BCUT2D eigenvalue weighted by Gasteiger charge is -2.27. The molecule has 4 unspecified atom stereocenters. The molecule has 0 aromatic rings. The number of carbonyl (C=O) groups is 2. The summed E-state index contributed by atoms with van der Waals surface area (Å²) in [5.74, 6) is 0.935. The summed E-state index contributed by atoms with van der Waals surface area (Å²) in [5.41, 5.74) is 0. The van der Waals surface area contributed by atoms with Gasteiger partial charge in [0, 0.05) is 25.2 Å². The van der Waals surface area contributed by atoms with Gasteiger partial charge in [0.25, 0.3) is 0 Å². The summed E-state index contributed by atoms with van der Waals surface area (Å²) in [6.45, 7) is 4.85. The highest BCUT2D eigenvalue weighted by Crippen LogP contribution is 2.32. The second-order valence-corrected chi connectivity index (χ2v) is 9.78. The molecule has 4 atom stereocenters. The molecule has 2 aliphatic rings. The van der Waals surface area contributed by atoms with E-state index in [2.05, 4.69) is 13.8 Å². The fourth-order valence-electron chi connectivity index (χ4n) is 4.67. The lowest BCUT2D eigenvalue weighted by atomic mass is 9.80. The predicted octanol–water partition coefficient (Wildman–Crippen LogP) is 6.78. The third-order valence-electron chi connectivity index (χ3n) is 7.03. The minimum absolute atomic E-state index is 0.0934. The molecule has 1 saturated heterocycles. The van der Waals surface area contributed by atoms with Gasteiger partial charge in [0.15, 0.2) is 0 Å². The van der Waals surface area contributed by atoms with Gasteiger partial charge in [-0.1, -0.05) is 78.1 Å². The SMILES string of the molecule is CCCCCCCCC1OC1CCCCCCCC(=O)OCC1CC(=O)CCC1C. The monoisotopic (exact) mass is 422 g/mol. The van der Waals surface area contributed by atoms with Crippen LogP contribution in [-0.2, 0) is 19.1 Å². The lowest BCUT2D eigenvalue weighted by Crippen LogP contribution is -2.27. The second-order valence-electron chi connectivity index (χ2n) is 9.78. The Morgan fingerprint density at radius 1 is 0.933 bits per heavy atom. The second kappa shape index (κ2) is 15.0. The van der Waals surface area contributed by atoms with Crippen molar-refractivity contribution in [3.63, 3.8) is 0 Å². The normalized spacial score (nSPS) is 26.0. The number of hydrogen-bond acceptors (Lipinski definition) is 4. The van der Waals surface area contributed by atoms with Gasteiger partial charge < -0.3 is 9.47 Å². The first-order chi connectivity index (χ1) is 14.6. The zero-order valence-electron chi connectivity index (χ0n) is 19.7. The summed E-state index contributed by atoms with van der Waals surface area (Å²) in [5, 5.41) is 0. The molecule has 0 radical (unpaired) electrons. The van der Waals surface area contributed by atoms with Crippen molar-refractivity contribution in [1.82, 2.24) is 0 Å². The van der Waals surface area contributed by atoms with Crippen molar-refractivity contribution >= 4 is 11.8 Å². The van der Waals surface area contributed by atoms with Gasteiger partial charge in [0.2, 0.25) is 0 Å². The summed E-state index contributed by atoms with van der Waals surface area (Å²) in [7, 11) is 0. The van der Waals surface area contributed by atoms with Gasteiger partial charge in [-0.05, 0) is 31.6 Å². The Labute approximate surface area is 184 Å². The molecular weight excluding hydrogens is 376 g/mol. The molecule has 4 nitrogen and oxygen atoms in total. The average Bonchev–Trinajstić information content (AvgIpc) is 3.48. The Kier molecular flexibility index (Phi) is 12.7. The van der Waals surface area contributed by atoms with Crippen LogP contribution in [0.4, 0.5) is 0 Å². The summed E-state index contributed by atoms with van der Waals surface area (Å²) in [6, 6.07) is 0. The standard InChI is InChI=1S/C26H46O4/c1-3-4-5-6-8-11-14-24-25(30-24)15-12-9-7-10-13-16-26(28)29-20-22-19-23(27)18-17-21(22)2/h21-22,24-25H,3-20H2,1-2H3. The molecule has 0 spiro atoms. The Morgan fingerprint density at radius 3 is 2.20 bits per heavy atom. The Morgan fingerprint density at radius 2 is 1.53 bits per heavy atom. The van der Waals surface area contributed by atoms with Gasteiger partial charge in [-0.15, -0.1) is 0 Å². The zero-order valence-corrected chi connectivity index (χ0v) is 19.7. The number of Topliss-reactive ketones (excluding diaryl/α,β-unsaturated/α-hetero) is 1. The number of unbranched alkanes of at least 4 members (excludes halogenated alkanes) is 9. The highest BCUT2D eigenvalue weighted by atomic mass is 16.6. The Bertz CT molecular complexity index is 489. The Hall–Kier alpha value is -0.900. The van der Waals surface area contributed by atoms with Crippen LogP contribution in [0.2, 0.25) is 0 Å². The quantitative estimate of drug-likeness (QED) is 0.147. The molecule has 0 aromatic carbocycles. The fraction of sp³-hybridized carbons (Fsp3) is 0.923. The van der Waals surface area contributed by atoms with Crippen LogP contribution >= 0.6 is 0 Å². The first-order valence-corrected chi connectivity index (χ1v) is 12.9. The van der Waals surface area contributed by atoms with Gasteiger partial charge in [0.05, 0.1) is 18.8 Å². The molecule has 2 rings (SSSR count). The third-order valence-corrected chi connectivity index (χ3v) is 7.03. The molecule has 1 saturated carbocycles. The van der Waals surface area contributed by atoms with E-state index in [-0.39, 0.29) is 11.9 Å². The van der Waals surface area contributed by atoms with Crippen molar-refractivity contribution in [3.05, 3.63) is 0 Å². The van der Waals surface area contributed by atoms with E-state index in [1.165, 1.54) is 70.6 Å².